The summed E-state index contributed by atoms with van der Waals surface area (Å²) >= 11 is 0. The molecule has 0 saturated heterocycles. The van der Waals surface area contributed by atoms with Gasteiger partial charge in [-0.15, -0.1) is 0 Å². The second-order valence-electron chi connectivity index (χ2n) is 8.74. The summed E-state index contributed by atoms with van der Waals surface area (Å²) in [7, 11) is 0. The van der Waals surface area contributed by atoms with Gasteiger partial charge in [-0.05, 0) is 47.1 Å². The van der Waals surface area contributed by atoms with Crippen LogP contribution in [0.1, 0.15) is 54.0 Å². The van der Waals surface area contributed by atoms with Crippen LogP contribution in [0.5, 0.6) is 0 Å². The van der Waals surface area contributed by atoms with E-state index >= 15 is 0 Å². The number of hydrogen-bond acceptors (Lipinski definition) is 14. The Morgan fingerprint density at radius 3 is 1.10 bits per heavy atom. The van der Waals surface area contributed by atoms with Crippen molar-refractivity contribution in [1.82, 2.24) is 0 Å². The highest BCUT2D eigenvalue weighted by Crippen LogP contribution is 2.09. The van der Waals surface area contributed by atoms with Gasteiger partial charge in [0.25, 0.3) is 0 Å². The highest BCUT2D eigenvalue weighted by molar-refractivity contribution is 5.87. The summed E-state index contributed by atoms with van der Waals surface area (Å²) in [4.78, 5) is 83.8. The van der Waals surface area contributed by atoms with Crippen molar-refractivity contribution in [3.63, 3.8) is 0 Å². The van der Waals surface area contributed by atoms with Gasteiger partial charge in [0.2, 0.25) is 0 Å². The van der Waals surface area contributed by atoms with E-state index in [4.69, 9.17) is 28.4 Å². The number of ether oxygens (including phenoxy) is 7. The van der Waals surface area contributed by atoms with Gasteiger partial charge in [-0.1, -0.05) is 30.3 Å². The molecule has 0 fully saturated rings. The van der Waals surface area contributed by atoms with Crippen LogP contribution in [0.15, 0.2) is 30.3 Å². The minimum Gasteiger partial charge on any atom is -0.458 e. The van der Waals surface area contributed by atoms with Crippen LogP contribution in [0.25, 0.3) is 0 Å². The molecule has 14 heteroatoms. The van der Waals surface area contributed by atoms with Crippen LogP contribution in [0.2, 0.25) is 0 Å². The van der Waals surface area contributed by atoms with E-state index in [9.17, 15) is 33.6 Å². The first kappa shape index (κ1) is 34.5. The number of hydrogen-bond donors (Lipinski definition) is 0. The topological polar surface area (TPSA) is 184 Å². The van der Waals surface area contributed by atoms with E-state index in [2.05, 4.69) is 4.74 Å². The van der Waals surface area contributed by atoms with E-state index in [0.717, 1.165) is 26.3 Å². The van der Waals surface area contributed by atoms with Gasteiger partial charge in [0.1, 0.15) is 6.61 Å². The number of carbonyl (C=O) groups excluding carboxylic acids is 7. The zero-order chi connectivity index (χ0) is 31.3. The summed E-state index contributed by atoms with van der Waals surface area (Å²) in [6.45, 7) is 8.24. The normalized spacial score (nSPS) is 14.9. The number of carbonyl (C=O) groups is 7. The summed E-state index contributed by atoms with van der Waals surface area (Å²) in [6.07, 6.45) is -8.52. The minimum absolute atomic E-state index is 0.0257. The highest BCUT2D eigenvalue weighted by atomic mass is 16.7. The lowest BCUT2D eigenvalue weighted by Crippen LogP contribution is -2.39. The lowest BCUT2D eigenvalue weighted by Gasteiger charge is -2.20. The van der Waals surface area contributed by atoms with Crippen molar-refractivity contribution in [2.75, 3.05) is 0 Å². The van der Waals surface area contributed by atoms with E-state index in [0.29, 0.717) is 0 Å². The molecule has 0 bridgehead atoms. The van der Waals surface area contributed by atoms with E-state index in [-0.39, 0.29) is 6.61 Å². The second kappa shape index (κ2) is 16.6. The molecule has 0 unspecified atom stereocenters. The molecule has 0 aliphatic carbocycles. The maximum atomic E-state index is 12.3. The van der Waals surface area contributed by atoms with Crippen molar-refractivity contribution in [1.29, 1.82) is 0 Å². The van der Waals surface area contributed by atoms with Gasteiger partial charge in [0.15, 0.2) is 36.6 Å². The largest absolute Gasteiger partial charge is 0.458 e. The van der Waals surface area contributed by atoms with Gasteiger partial charge in [-0.2, -0.15) is 0 Å². The maximum Gasteiger partial charge on any atom is 0.347 e. The summed E-state index contributed by atoms with van der Waals surface area (Å²) in [5, 5.41) is 0. The van der Waals surface area contributed by atoms with Gasteiger partial charge in [0.05, 0.1) is 0 Å². The molecule has 6 atom stereocenters. The highest BCUT2D eigenvalue weighted by Gasteiger charge is 2.32. The molecule has 1 aromatic rings. The van der Waals surface area contributed by atoms with Gasteiger partial charge in [-0.25, -0.2) is 28.8 Å². The fourth-order valence-electron chi connectivity index (χ4n) is 2.73. The Morgan fingerprint density at radius 1 is 0.488 bits per heavy atom. The van der Waals surface area contributed by atoms with E-state index < -0.39 is 78.4 Å². The van der Waals surface area contributed by atoms with Crippen molar-refractivity contribution in [3.8, 4) is 0 Å². The maximum absolute atomic E-state index is 12.3. The van der Waals surface area contributed by atoms with Crippen LogP contribution in [0, 0.1) is 0 Å². The summed E-state index contributed by atoms with van der Waals surface area (Å²) in [5.74, 6) is -6.97. The summed E-state index contributed by atoms with van der Waals surface area (Å²) in [6, 6.07) is 8.84. The first-order valence-corrected chi connectivity index (χ1v) is 12.5. The number of benzene rings is 1. The van der Waals surface area contributed by atoms with Crippen molar-refractivity contribution < 1.29 is 66.7 Å². The first-order valence-electron chi connectivity index (χ1n) is 12.5. The molecule has 0 aliphatic rings. The molecule has 14 nitrogen and oxygen atoms in total. The van der Waals surface area contributed by atoms with Gasteiger partial charge in [-0.3, -0.25) is 4.79 Å². The van der Waals surface area contributed by atoms with Crippen LogP contribution in [-0.2, 0) is 73.3 Å². The fourth-order valence-corrected chi connectivity index (χ4v) is 2.73. The molecule has 0 aromatic heterocycles. The zero-order valence-electron chi connectivity index (χ0n) is 23.8. The van der Waals surface area contributed by atoms with Crippen LogP contribution in [-0.4, -0.2) is 78.4 Å². The van der Waals surface area contributed by atoms with Crippen molar-refractivity contribution >= 4 is 41.8 Å². The van der Waals surface area contributed by atoms with Gasteiger partial charge in [0, 0.05) is 6.92 Å². The summed E-state index contributed by atoms with van der Waals surface area (Å²) < 4.78 is 34.2. The Balaban J connectivity index is 2.48. The lowest BCUT2D eigenvalue weighted by atomic mass is 10.2. The van der Waals surface area contributed by atoms with Crippen LogP contribution < -0.4 is 0 Å². The third-order valence-electron chi connectivity index (χ3n) is 5.02. The minimum atomic E-state index is -1.52. The molecule has 1 aromatic carbocycles. The molecule has 41 heavy (non-hydrogen) atoms. The third kappa shape index (κ3) is 12.5. The quantitative estimate of drug-likeness (QED) is 0.226. The molecular formula is C27H34O14. The van der Waals surface area contributed by atoms with Crippen molar-refractivity contribution in [3.05, 3.63) is 35.9 Å². The predicted molar refractivity (Wildman–Crippen MR) is 135 cm³/mol. The Morgan fingerprint density at radius 2 is 0.780 bits per heavy atom. The molecule has 226 valence electrons. The Hall–Kier alpha value is -4.49. The van der Waals surface area contributed by atoms with Gasteiger partial charge < -0.3 is 33.2 Å². The Kier molecular flexibility index (Phi) is 14.0. The number of esters is 7. The molecule has 0 spiro atoms. The van der Waals surface area contributed by atoms with E-state index in [1.54, 1.807) is 30.3 Å². The standard InChI is InChI=1S/C27H34O14/c1-14(22(29)35-13-21-11-9-8-10-12-21)37-24(31)16(3)39-26(33)18(5)41-27(34)19(6)40-25(32)17(4)38-23(30)15(2)36-20(7)28/h8-12,14-19H,13H2,1-7H3/t14-,15+,16-,17-,18-,19-/m1/s1. The van der Waals surface area contributed by atoms with Crippen LogP contribution in [0.3, 0.4) is 0 Å². The molecule has 0 amide bonds. The molecule has 0 heterocycles. The monoisotopic (exact) mass is 582 g/mol. The molecule has 0 saturated carbocycles. The molecule has 0 N–H and O–H groups in total. The molecule has 1 rings (SSSR count). The van der Waals surface area contributed by atoms with E-state index in [1.807, 2.05) is 0 Å². The van der Waals surface area contributed by atoms with Gasteiger partial charge >= 0.3 is 41.8 Å². The zero-order valence-corrected chi connectivity index (χ0v) is 23.8. The molecule has 0 radical (unpaired) electrons. The van der Waals surface area contributed by atoms with Crippen molar-refractivity contribution in [2.45, 2.75) is 91.7 Å². The SMILES string of the molecule is CC(=O)O[C@@H](C)C(=O)O[C@H](C)C(=O)O[C@H](C)C(=O)O[C@H](C)C(=O)O[C@H](C)C(=O)O[C@H](C)C(=O)OCc1ccccc1. The smallest absolute Gasteiger partial charge is 0.347 e. The summed E-state index contributed by atoms with van der Waals surface area (Å²) in [5.41, 5.74) is 0.734. The Bertz CT molecular complexity index is 1100. The average molecular weight is 583 g/mol. The lowest BCUT2D eigenvalue weighted by molar-refractivity contribution is -0.187. The third-order valence-corrected chi connectivity index (χ3v) is 5.02. The second-order valence-corrected chi connectivity index (χ2v) is 8.74. The van der Waals surface area contributed by atoms with E-state index in [1.165, 1.54) is 27.7 Å². The Labute approximate surface area is 236 Å². The average Bonchev–Trinajstić information content (AvgIpc) is 2.91. The van der Waals surface area contributed by atoms with Crippen LogP contribution in [0.4, 0.5) is 0 Å². The fraction of sp³-hybridized carbons (Fsp3) is 0.519. The van der Waals surface area contributed by atoms with Crippen LogP contribution >= 0.6 is 0 Å². The number of rotatable bonds is 14. The molecular weight excluding hydrogens is 548 g/mol. The first-order chi connectivity index (χ1) is 19.1. The van der Waals surface area contributed by atoms with Crippen molar-refractivity contribution in [2.24, 2.45) is 0 Å². The molecule has 0 aliphatic heterocycles. The predicted octanol–water partition coefficient (Wildman–Crippen LogP) is 1.34.